The van der Waals surface area contributed by atoms with Crippen LogP contribution >= 0.6 is 11.6 Å². The molecule has 0 radical (unpaired) electrons. The zero-order valence-corrected chi connectivity index (χ0v) is 14.7. The van der Waals surface area contributed by atoms with Crippen LogP contribution in [0.5, 0.6) is 0 Å². The average Bonchev–Trinajstić information content (AvgIpc) is 2.99. The number of aryl methyl sites for hydroxylation is 1. The number of anilines is 2. The van der Waals surface area contributed by atoms with E-state index in [9.17, 15) is 19.5 Å². The number of aromatic carboxylic acids is 1. The molecule has 7 heteroatoms. The molecule has 0 aliphatic carbocycles. The van der Waals surface area contributed by atoms with Gasteiger partial charge in [-0.05, 0) is 42.3 Å². The van der Waals surface area contributed by atoms with Crippen molar-refractivity contribution in [2.75, 3.05) is 16.8 Å². The van der Waals surface area contributed by atoms with Crippen LogP contribution in [-0.4, -0.2) is 24.3 Å². The van der Waals surface area contributed by atoms with E-state index < -0.39 is 11.9 Å². The molecule has 2 aromatic carbocycles. The molecule has 134 valence electrons. The third kappa shape index (κ3) is 3.70. The number of nitrogens with zero attached hydrogens (tertiary/aromatic N) is 1. The van der Waals surface area contributed by atoms with Crippen LogP contribution in [0.15, 0.2) is 42.5 Å². The highest BCUT2D eigenvalue weighted by Gasteiger charge is 2.35. The van der Waals surface area contributed by atoms with Crippen molar-refractivity contribution in [2.45, 2.75) is 13.3 Å². The van der Waals surface area contributed by atoms with Crippen molar-refractivity contribution in [3.05, 3.63) is 58.6 Å². The smallest absolute Gasteiger partial charge is 0.229 e. The summed E-state index contributed by atoms with van der Waals surface area (Å²) in [4.78, 5) is 37.2. The van der Waals surface area contributed by atoms with E-state index in [2.05, 4.69) is 5.32 Å². The number of hydrogen-bond donors (Lipinski definition) is 1. The van der Waals surface area contributed by atoms with Crippen molar-refractivity contribution < 1.29 is 19.5 Å². The maximum absolute atomic E-state index is 12.5. The van der Waals surface area contributed by atoms with Gasteiger partial charge in [-0.1, -0.05) is 29.8 Å². The van der Waals surface area contributed by atoms with Crippen LogP contribution in [0.25, 0.3) is 0 Å². The minimum absolute atomic E-state index is 0.0266. The lowest BCUT2D eigenvalue weighted by Gasteiger charge is -2.17. The number of carbonyl (C=O) groups is 3. The van der Waals surface area contributed by atoms with Gasteiger partial charge in [0, 0.05) is 29.4 Å². The summed E-state index contributed by atoms with van der Waals surface area (Å²) >= 11 is 6.12. The largest absolute Gasteiger partial charge is 0.545 e. The van der Waals surface area contributed by atoms with Gasteiger partial charge in [0.2, 0.25) is 11.8 Å². The van der Waals surface area contributed by atoms with E-state index in [4.69, 9.17) is 11.6 Å². The molecule has 2 amide bonds. The molecule has 1 aliphatic heterocycles. The summed E-state index contributed by atoms with van der Waals surface area (Å²) in [5.74, 6) is -2.35. The summed E-state index contributed by atoms with van der Waals surface area (Å²) in [7, 11) is 0. The van der Waals surface area contributed by atoms with Gasteiger partial charge in [0.05, 0.1) is 11.9 Å². The summed E-state index contributed by atoms with van der Waals surface area (Å²) < 4.78 is 0. The van der Waals surface area contributed by atoms with Gasteiger partial charge in [0.25, 0.3) is 0 Å². The van der Waals surface area contributed by atoms with Gasteiger partial charge >= 0.3 is 0 Å². The lowest BCUT2D eigenvalue weighted by molar-refractivity contribution is -0.255. The predicted molar refractivity (Wildman–Crippen MR) is 96.1 cm³/mol. The van der Waals surface area contributed by atoms with E-state index in [1.807, 2.05) is 13.0 Å². The highest BCUT2D eigenvalue weighted by molar-refractivity contribution is 6.31. The zero-order chi connectivity index (χ0) is 18.8. The third-order valence-corrected chi connectivity index (χ3v) is 4.74. The Hall–Kier alpha value is -2.86. The Morgan fingerprint density at radius 2 is 2.00 bits per heavy atom. The van der Waals surface area contributed by atoms with Crippen LogP contribution in [0.2, 0.25) is 5.02 Å². The molecule has 6 nitrogen and oxygen atoms in total. The van der Waals surface area contributed by atoms with Crippen molar-refractivity contribution in [2.24, 2.45) is 5.92 Å². The molecule has 1 fully saturated rings. The van der Waals surface area contributed by atoms with Gasteiger partial charge in [-0.3, -0.25) is 9.59 Å². The van der Waals surface area contributed by atoms with Gasteiger partial charge in [0.1, 0.15) is 0 Å². The van der Waals surface area contributed by atoms with Gasteiger partial charge in [-0.2, -0.15) is 0 Å². The standard InChI is InChI=1S/C19H17ClN2O4/c1-11-5-6-15(9-16(11)20)22-10-13(8-17(22)23)18(24)21-14-4-2-3-12(7-14)19(25)26/h2-7,9,13H,8,10H2,1H3,(H,21,24)(H,25,26)/p-1/t13-/m1/s1. The molecule has 1 atom stereocenters. The lowest BCUT2D eigenvalue weighted by atomic mass is 10.1. The summed E-state index contributed by atoms with van der Waals surface area (Å²) in [6.07, 6.45) is 0.0809. The first-order chi connectivity index (χ1) is 12.3. The van der Waals surface area contributed by atoms with E-state index in [-0.39, 0.29) is 30.3 Å². The van der Waals surface area contributed by atoms with Crippen LogP contribution in [0, 0.1) is 12.8 Å². The average molecular weight is 372 g/mol. The quantitative estimate of drug-likeness (QED) is 0.890. The van der Waals surface area contributed by atoms with E-state index in [1.165, 1.54) is 23.1 Å². The second kappa shape index (κ2) is 7.17. The Balaban J connectivity index is 1.71. The van der Waals surface area contributed by atoms with Gasteiger partial charge < -0.3 is 20.1 Å². The van der Waals surface area contributed by atoms with E-state index >= 15 is 0 Å². The number of carboxylic acid groups (broad SMARTS) is 1. The van der Waals surface area contributed by atoms with Crippen molar-refractivity contribution in [3.8, 4) is 0 Å². The number of rotatable bonds is 4. The molecule has 0 unspecified atom stereocenters. The summed E-state index contributed by atoms with van der Waals surface area (Å²) in [6.45, 7) is 2.11. The van der Waals surface area contributed by atoms with Gasteiger partial charge in [0.15, 0.2) is 0 Å². The first kappa shape index (κ1) is 17.9. The van der Waals surface area contributed by atoms with Crippen molar-refractivity contribution >= 4 is 40.8 Å². The zero-order valence-electron chi connectivity index (χ0n) is 14.0. The van der Waals surface area contributed by atoms with E-state index in [1.54, 1.807) is 18.2 Å². The molecule has 0 spiro atoms. The SMILES string of the molecule is Cc1ccc(N2C[C@H](C(=O)Nc3cccc(C(=O)[O-])c3)CC2=O)cc1Cl. The van der Waals surface area contributed by atoms with Crippen LogP contribution in [0.3, 0.4) is 0 Å². The third-order valence-electron chi connectivity index (χ3n) is 4.33. The number of benzene rings is 2. The molecule has 1 N–H and O–H groups in total. The van der Waals surface area contributed by atoms with E-state index in [0.717, 1.165) is 5.56 Å². The number of nitrogens with one attached hydrogen (secondary N) is 1. The van der Waals surface area contributed by atoms with Crippen LogP contribution in [0.4, 0.5) is 11.4 Å². The Kier molecular flexibility index (Phi) is 4.95. The number of amides is 2. The molecule has 26 heavy (non-hydrogen) atoms. The molecule has 0 bridgehead atoms. The van der Waals surface area contributed by atoms with Crippen LogP contribution in [-0.2, 0) is 9.59 Å². The number of carbonyl (C=O) groups excluding carboxylic acids is 3. The second-order valence-electron chi connectivity index (χ2n) is 6.20. The molecular formula is C19H16ClN2O4-. The number of halogens is 1. The van der Waals surface area contributed by atoms with Crippen molar-refractivity contribution in [3.63, 3.8) is 0 Å². The molecular weight excluding hydrogens is 356 g/mol. The highest BCUT2D eigenvalue weighted by atomic mass is 35.5. The molecule has 0 aromatic heterocycles. The Labute approximate surface area is 155 Å². The minimum atomic E-state index is -1.32. The summed E-state index contributed by atoms with van der Waals surface area (Å²) in [5.41, 5.74) is 1.88. The Bertz CT molecular complexity index is 897. The molecule has 0 saturated carbocycles. The minimum Gasteiger partial charge on any atom is -0.545 e. The Morgan fingerprint density at radius 1 is 1.23 bits per heavy atom. The summed E-state index contributed by atoms with van der Waals surface area (Å²) in [5, 5.41) is 14.1. The normalized spacial score (nSPS) is 16.6. The fourth-order valence-electron chi connectivity index (χ4n) is 2.85. The fourth-order valence-corrected chi connectivity index (χ4v) is 3.03. The van der Waals surface area contributed by atoms with Gasteiger partial charge in [-0.25, -0.2) is 0 Å². The number of hydrogen-bond acceptors (Lipinski definition) is 4. The van der Waals surface area contributed by atoms with Crippen molar-refractivity contribution in [1.82, 2.24) is 0 Å². The Morgan fingerprint density at radius 3 is 2.69 bits per heavy atom. The van der Waals surface area contributed by atoms with Crippen LogP contribution < -0.4 is 15.3 Å². The first-order valence-corrected chi connectivity index (χ1v) is 8.42. The maximum atomic E-state index is 12.5. The number of carboxylic acids is 1. The summed E-state index contributed by atoms with van der Waals surface area (Å²) in [6, 6.07) is 11.1. The molecule has 1 saturated heterocycles. The van der Waals surface area contributed by atoms with Crippen LogP contribution in [0.1, 0.15) is 22.3 Å². The predicted octanol–water partition coefficient (Wildman–Crippen LogP) is 2.00. The van der Waals surface area contributed by atoms with Gasteiger partial charge in [-0.15, -0.1) is 0 Å². The first-order valence-electron chi connectivity index (χ1n) is 8.04. The molecule has 1 heterocycles. The van der Waals surface area contributed by atoms with E-state index in [0.29, 0.717) is 16.4 Å². The molecule has 2 aromatic rings. The highest BCUT2D eigenvalue weighted by Crippen LogP contribution is 2.29. The fraction of sp³-hybridized carbons (Fsp3) is 0.211. The maximum Gasteiger partial charge on any atom is 0.229 e. The molecule has 1 aliphatic rings. The van der Waals surface area contributed by atoms with Crippen molar-refractivity contribution in [1.29, 1.82) is 0 Å². The topological polar surface area (TPSA) is 89.5 Å². The molecule has 3 rings (SSSR count). The lowest BCUT2D eigenvalue weighted by Crippen LogP contribution is -2.28. The second-order valence-corrected chi connectivity index (χ2v) is 6.60. The monoisotopic (exact) mass is 371 g/mol.